The highest BCUT2D eigenvalue weighted by Crippen LogP contribution is 2.36. The van der Waals surface area contributed by atoms with Crippen LogP contribution in [0, 0.1) is 6.92 Å². The summed E-state index contributed by atoms with van der Waals surface area (Å²) in [4.78, 5) is 2.60. The van der Waals surface area contributed by atoms with Crippen molar-refractivity contribution in [1.29, 1.82) is 0 Å². The molecular formula is C22H28N2. The molecule has 2 heterocycles. The fraction of sp³-hybridized carbons (Fsp3) is 0.455. The summed E-state index contributed by atoms with van der Waals surface area (Å²) >= 11 is 0. The number of anilines is 1. The molecule has 1 spiro atoms. The Morgan fingerprint density at radius 2 is 1.67 bits per heavy atom. The second kappa shape index (κ2) is 6.60. The molecule has 1 N–H and O–H groups in total. The Labute approximate surface area is 145 Å². The maximum atomic E-state index is 3.83. The van der Waals surface area contributed by atoms with Gasteiger partial charge >= 0.3 is 0 Å². The molecule has 2 heteroatoms. The number of hydrogen-bond acceptors (Lipinski definition) is 2. The minimum atomic E-state index is 0.430. The van der Waals surface area contributed by atoms with Gasteiger partial charge in [0.15, 0.2) is 0 Å². The normalized spacial score (nSPS) is 20.3. The Kier molecular flexibility index (Phi) is 4.32. The van der Waals surface area contributed by atoms with Crippen LogP contribution >= 0.6 is 0 Å². The van der Waals surface area contributed by atoms with Crippen molar-refractivity contribution in [2.45, 2.75) is 44.6 Å². The standard InChI is InChI=1S/C22H28N2/c1-18-20(19-8-3-2-4-9-19)10-7-11-21(18)24-16-13-22(14-17-24)12-5-6-15-23-22/h2-4,7-11,23H,5-6,12-17H2,1H3. The van der Waals surface area contributed by atoms with Crippen LogP contribution in [-0.2, 0) is 0 Å². The first-order valence-electron chi connectivity index (χ1n) is 9.42. The maximum absolute atomic E-state index is 3.83. The Morgan fingerprint density at radius 3 is 2.38 bits per heavy atom. The molecule has 0 amide bonds. The van der Waals surface area contributed by atoms with E-state index in [-0.39, 0.29) is 0 Å². The van der Waals surface area contributed by atoms with Gasteiger partial charge in [-0.3, -0.25) is 0 Å². The Balaban J connectivity index is 1.55. The minimum Gasteiger partial charge on any atom is -0.371 e. The summed E-state index contributed by atoms with van der Waals surface area (Å²) in [5.74, 6) is 0. The van der Waals surface area contributed by atoms with Crippen LogP contribution < -0.4 is 10.2 Å². The van der Waals surface area contributed by atoms with Gasteiger partial charge in [0, 0.05) is 24.3 Å². The number of nitrogens with zero attached hydrogens (tertiary/aromatic N) is 1. The van der Waals surface area contributed by atoms with Crippen molar-refractivity contribution in [1.82, 2.24) is 5.32 Å². The first-order chi connectivity index (χ1) is 11.8. The molecule has 2 saturated heterocycles. The van der Waals surface area contributed by atoms with E-state index in [0.29, 0.717) is 5.54 Å². The molecule has 0 aromatic heterocycles. The fourth-order valence-electron chi connectivity index (χ4n) is 4.53. The third kappa shape index (κ3) is 2.95. The van der Waals surface area contributed by atoms with E-state index in [1.807, 2.05) is 0 Å². The zero-order valence-electron chi connectivity index (χ0n) is 14.7. The van der Waals surface area contributed by atoms with Gasteiger partial charge in [0.2, 0.25) is 0 Å². The molecule has 2 aliphatic rings. The Morgan fingerprint density at radius 1 is 0.875 bits per heavy atom. The number of benzene rings is 2. The quantitative estimate of drug-likeness (QED) is 0.857. The monoisotopic (exact) mass is 320 g/mol. The molecule has 2 nitrogen and oxygen atoms in total. The predicted octanol–water partition coefficient (Wildman–Crippen LogP) is 4.77. The third-order valence-corrected chi connectivity index (χ3v) is 6.03. The molecule has 0 bridgehead atoms. The summed E-state index contributed by atoms with van der Waals surface area (Å²) < 4.78 is 0. The lowest BCUT2D eigenvalue weighted by Gasteiger charge is -2.46. The van der Waals surface area contributed by atoms with Crippen LogP contribution in [0.25, 0.3) is 11.1 Å². The largest absolute Gasteiger partial charge is 0.371 e. The lowest BCUT2D eigenvalue weighted by molar-refractivity contribution is 0.206. The first kappa shape index (κ1) is 15.7. The predicted molar refractivity (Wildman–Crippen MR) is 103 cm³/mol. The van der Waals surface area contributed by atoms with Crippen molar-refractivity contribution in [3.05, 3.63) is 54.1 Å². The topological polar surface area (TPSA) is 15.3 Å². The van der Waals surface area contributed by atoms with E-state index < -0.39 is 0 Å². The zero-order chi connectivity index (χ0) is 16.4. The molecule has 0 aliphatic carbocycles. The molecule has 2 aromatic carbocycles. The van der Waals surface area contributed by atoms with E-state index in [1.165, 1.54) is 74.1 Å². The molecule has 4 rings (SSSR count). The summed E-state index contributed by atoms with van der Waals surface area (Å²) in [5.41, 5.74) is 5.95. The van der Waals surface area contributed by atoms with Gasteiger partial charge in [0.05, 0.1) is 0 Å². The minimum absolute atomic E-state index is 0.430. The Bertz CT molecular complexity index is 676. The highest BCUT2D eigenvalue weighted by molar-refractivity contribution is 5.74. The fourth-order valence-corrected chi connectivity index (χ4v) is 4.53. The van der Waals surface area contributed by atoms with Crippen molar-refractivity contribution in [2.24, 2.45) is 0 Å². The van der Waals surface area contributed by atoms with E-state index in [1.54, 1.807) is 0 Å². The highest BCUT2D eigenvalue weighted by atomic mass is 15.2. The van der Waals surface area contributed by atoms with Crippen LogP contribution in [0.4, 0.5) is 5.69 Å². The van der Waals surface area contributed by atoms with Gasteiger partial charge in [-0.15, -0.1) is 0 Å². The second-order valence-corrected chi connectivity index (χ2v) is 7.47. The van der Waals surface area contributed by atoms with Crippen molar-refractivity contribution in [2.75, 3.05) is 24.5 Å². The van der Waals surface area contributed by atoms with E-state index in [9.17, 15) is 0 Å². The first-order valence-corrected chi connectivity index (χ1v) is 9.42. The average molecular weight is 320 g/mol. The van der Waals surface area contributed by atoms with Crippen molar-refractivity contribution in [3.8, 4) is 11.1 Å². The molecule has 126 valence electrons. The van der Waals surface area contributed by atoms with E-state index in [2.05, 4.69) is 65.7 Å². The highest BCUT2D eigenvalue weighted by Gasteiger charge is 2.35. The van der Waals surface area contributed by atoms with Gasteiger partial charge in [-0.25, -0.2) is 0 Å². The van der Waals surface area contributed by atoms with Crippen LogP contribution in [0.15, 0.2) is 48.5 Å². The molecule has 2 fully saturated rings. The van der Waals surface area contributed by atoms with Gasteiger partial charge in [0.1, 0.15) is 0 Å². The summed E-state index contributed by atoms with van der Waals surface area (Å²) in [6, 6.07) is 17.5. The van der Waals surface area contributed by atoms with Gasteiger partial charge in [-0.1, -0.05) is 48.9 Å². The molecule has 2 aliphatic heterocycles. The molecule has 2 aromatic rings. The van der Waals surface area contributed by atoms with Crippen LogP contribution in [0.2, 0.25) is 0 Å². The lowest BCUT2D eigenvalue weighted by atomic mass is 9.80. The van der Waals surface area contributed by atoms with E-state index in [4.69, 9.17) is 0 Å². The van der Waals surface area contributed by atoms with Gasteiger partial charge in [-0.2, -0.15) is 0 Å². The smallest absolute Gasteiger partial charge is 0.0402 e. The Hall–Kier alpha value is -1.80. The lowest BCUT2D eigenvalue weighted by Crippen LogP contribution is -2.55. The van der Waals surface area contributed by atoms with Gasteiger partial charge < -0.3 is 10.2 Å². The number of rotatable bonds is 2. The summed E-state index contributed by atoms with van der Waals surface area (Å²) in [6.07, 6.45) is 6.67. The SMILES string of the molecule is Cc1c(-c2ccccc2)cccc1N1CCC2(CCCCN2)CC1. The van der Waals surface area contributed by atoms with E-state index in [0.717, 1.165) is 0 Å². The van der Waals surface area contributed by atoms with Crippen molar-refractivity contribution < 1.29 is 0 Å². The summed E-state index contributed by atoms with van der Waals surface area (Å²) in [6.45, 7) is 5.83. The molecular weight excluding hydrogens is 292 g/mol. The third-order valence-electron chi connectivity index (χ3n) is 6.03. The summed E-state index contributed by atoms with van der Waals surface area (Å²) in [5, 5.41) is 3.83. The van der Waals surface area contributed by atoms with Crippen molar-refractivity contribution >= 4 is 5.69 Å². The van der Waals surface area contributed by atoms with Crippen molar-refractivity contribution in [3.63, 3.8) is 0 Å². The summed E-state index contributed by atoms with van der Waals surface area (Å²) in [7, 11) is 0. The second-order valence-electron chi connectivity index (χ2n) is 7.47. The average Bonchev–Trinajstić information content (AvgIpc) is 2.64. The number of piperidine rings is 2. The van der Waals surface area contributed by atoms with E-state index >= 15 is 0 Å². The van der Waals surface area contributed by atoms with Crippen LogP contribution in [0.5, 0.6) is 0 Å². The molecule has 0 radical (unpaired) electrons. The number of nitrogens with one attached hydrogen (secondary N) is 1. The molecule has 0 atom stereocenters. The van der Waals surface area contributed by atoms with Crippen LogP contribution in [0.1, 0.15) is 37.7 Å². The van der Waals surface area contributed by atoms with Crippen LogP contribution in [0.3, 0.4) is 0 Å². The van der Waals surface area contributed by atoms with Gasteiger partial charge in [-0.05, 0) is 61.9 Å². The number of hydrogen-bond donors (Lipinski definition) is 1. The van der Waals surface area contributed by atoms with Gasteiger partial charge in [0.25, 0.3) is 0 Å². The molecule has 0 unspecified atom stereocenters. The molecule has 24 heavy (non-hydrogen) atoms. The maximum Gasteiger partial charge on any atom is 0.0402 e. The van der Waals surface area contributed by atoms with Crippen LogP contribution in [-0.4, -0.2) is 25.2 Å². The molecule has 0 saturated carbocycles. The zero-order valence-corrected chi connectivity index (χ0v) is 14.7.